The van der Waals surface area contributed by atoms with Gasteiger partial charge in [0.05, 0.1) is 7.11 Å². The molecule has 5 heteroatoms. The Morgan fingerprint density at radius 3 is 2.10 bits per heavy atom. The standard InChI is InChI=1S/C16H14O4.H2O/c1-19-14-6-2-12(3-7-14)11-20-15-8-4-13(5-9-15)16(18)10-17;/h2-10H,11H2,1H3;1H2. The second-order valence-corrected chi connectivity index (χ2v) is 4.14. The molecular formula is C16H16O5. The van der Waals surface area contributed by atoms with E-state index in [2.05, 4.69) is 0 Å². The van der Waals surface area contributed by atoms with Crippen molar-refractivity contribution in [3.05, 3.63) is 59.7 Å². The van der Waals surface area contributed by atoms with Gasteiger partial charge in [-0.1, -0.05) is 12.1 Å². The molecule has 0 spiro atoms. The number of hydrogen-bond donors (Lipinski definition) is 0. The molecule has 2 aromatic carbocycles. The summed E-state index contributed by atoms with van der Waals surface area (Å²) >= 11 is 0. The van der Waals surface area contributed by atoms with Gasteiger partial charge in [0.15, 0.2) is 6.29 Å². The Morgan fingerprint density at radius 1 is 1.00 bits per heavy atom. The lowest BCUT2D eigenvalue weighted by atomic mass is 10.1. The normalized spacial score (nSPS) is 9.38. The summed E-state index contributed by atoms with van der Waals surface area (Å²) in [5.74, 6) is 0.903. The Morgan fingerprint density at radius 2 is 1.57 bits per heavy atom. The van der Waals surface area contributed by atoms with E-state index in [1.54, 1.807) is 31.4 Å². The fourth-order valence-electron chi connectivity index (χ4n) is 1.67. The van der Waals surface area contributed by atoms with Crippen LogP contribution in [0.3, 0.4) is 0 Å². The number of carbonyl (C=O) groups is 2. The van der Waals surface area contributed by atoms with Crippen LogP contribution in [0.1, 0.15) is 15.9 Å². The van der Waals surface area contributed by atoms with E-state index in [0.717, 1.165) is 11.3 Å². The Kier molecular flexibility index (Phi) is 6.10. The van der Waals surface area contributed by atoms with Crippen molar-refractivity contribution in [3.8, 4) is 11.5 Å². The third-order valence-corrected chi connectivity index (χ3v) is 2.81. The van der Waals surface area contributed by atoms with Gasteiger partial charge in [-0.25, -0.2) is 0 Å². The molecule has 0 atom stereocenters. The third kappa shape index (κ3) is 4.43. The van der Waals surface area contributed by atoms with Crippen LogP contribution >= 0.6 is 0 Å². The highest BCUT2D eigenvalue weighted by Crippen LogP contribution is 2.16. The summed E-state index contributed by atoms with van der Waals surface area (Å²) in [6, 6.07) is 14.0. The maximum Gasteiger partial charge on any atom is 0.225 e. The summed E-state index contributed by atoms with van der Waals surface area (Å²) < 4.78 is 10.7. The molecule has 0 bridgehead atoms. The summed E-state index contributed by atoms with van der Waals surface area (Å²) in [7, 11) is 1.62. The molecule has 2 aromatic rings. The van der Waals surface area contributed by atoms with E-state index in [1.807, 2.05) is 24.3 Å². The molecular weight excluding hydrogens is 272 g/mol. The zero-order valence-electron chi connectivity index (χ0n) is 11.5. The van der Waals surface area contributed by atoms with E-state index in [4.69, 9.17) is 9.47 Å². The molecule has 0 aliphatic heterocycles. The molecule has 2 rings (SSSR count). The minimum Gasteiger partial charge on any atom is -0.497 e. The Hall–Kier alpha value is -2.66. The number of ether oxygens (including phenoxy) is 2. The van der Waals surface area contributed by atoms with E-state index >= 15 is 0 Å². The van der Waals surface area contributed by atoms with Crippen LogP contribution in [0, 0.1) is 0 Å². The number of aldehydes is 1. The topological polar surface area (TPSA) is 84.1 Å². The summed E-state index contributed by atoms with van der Waals surface area (Å²) in [5, 5.41) is 0. The van der Waals surface area contributed by atoms with Crippen molar-refractivity contribution in [2.45, 2.75) is 6.61 Å². The number of carbonyl (C=O) groups excluding carboxylic acids is 2. The predicted molar refractivity (Wildman–Crippen MR) is 77.8 cm³/mol. The zero-order chi connectivity index (χ0) is 14.4. The van der Waals surface area contributed by atoms with Crippen LogP contribution in [-0.2, 0) is 11.4 Å². The quantitative estimate of drug-likeness (QED) is 0.461. The maximum atomic E-state index is 11.1. The van der Waals surface area contributed by atoms with Gasteiger partial charge in [-0.15, -0.1) is 0 Å². The molecule has 2 N–H and O–H groups in total. The van der Waals surface area contributed by atoms with Crippen LogP contribution < -0.4 is 9.47 Å². The van der Waals surface area contributed by atoms with Crippen molar-refractivity contribution in [1.29, 1.82) is 0 Å². The Labute approximate surface area is 122 Å². The SMILES string of the molecule is COc1ccc(COc2ccc(C(=O)C=O)cc2)cc1.O. The van der Waals surface area contributed by atoms with E-state index in [1.165, 1.54) is 0 Å². The van der Waals surface area contributed by atoms with Gasteiger partial charge in [-0.3, -0.25) is 9.59 Å². The van der Waals surface area contributed by atoms with E-state index in [0.29, 0.717) is 24.2 Å². The third-order valence-electron chi connectivity index (χ3n) is 2.81. The average Bonchev–Trinajstić information content (AvgIpc) is 2.53. The summed E-state index contributed by atoms with van der Waals surface area (Å²) in [6.07, 6.45) is 0.299. The molecule has 0 aliphatic carbocycles. The first-order chi connectivity index (χ1) is 9.72. The lowest BCUT2D eigenvalue weighted by Crippen LogP contribution is -2.00. The molecule has 0 heterocycles. The molecule has 21 heavy (non-hydrogen) atoms. The summed E-state index contributed by atoms with van der Waals surface area (Å²) in [6.45, 7) is 0.422. The van der Waals surface area contributed by atoms with E-state index < -0.39 is 5.78 Å². The number of methoxy groups -OCH3 is 1. The van der Waals surface area contributed by atoms with Gasteiger partial charge < -0.3 is 14.9 Å². The summed E-state index contributed by atoms with van der Waals surface area (Å²) in [5.41, 5.74) is 1.37. The zero-order valence-corrected chi connectivity index (χ0v) is 11.5. The van der Waals surface area contributed by atoms with Crippen LogP contribution in [0.15, 0.2) is 48.5 Å². The van der Waals surface area contributed by atoms with Gasteiger partial charge in [-0.05, 0) is 42.0 Å². The lowest BCUT2D eigenvalue weighted by Gasteiger charge is -2.07. The van der Waals surface area contributed by atoms with Crippen molar-refractivity contribution in [2.75, 3.05) is 7.11 Å². The monoisotopic (exact) mass is 288 g/mol. The maximum absolute atomic E-state index is 11.1. The van der Waals surface area contributed by atoms with Crippen LogP contribution in [0.5, 0.6) is 11.5 Å². The van der Waals surface area contributed by atoms with Gasteiger partial charge in [0.1, 0.15) is 18.1 Å². The Bertz CT molecular complexity index is 587. The largest absolute Gasteiger partial charge is 0.497 e. The minimum atomic E-state index is -0.535. The molecule has 0 amide bonds. The molecule has 0 saturated carbocycles. The smallest absolute Gasteiger partial charge is 0.225 e. The first kappa shape index (κ1) is 16.4. The molecule has 0 fully saturated rings. The minimum absolute atomic E-state index is 0. The van der Waals surface area contributed by atoms with Crippen molar-refractivity contribution in [1.82, 2.24) is 0 Å². The van der Waals surface area contributed by atoms with Crippen LogP contribution in [-0.4, -0.2) is 24.7 Å². The fourth-order valence-corrected chi connectivity index (χ4v) is 1.67. The molecule has 0 unspecified atom stereocenters. The fraction of sp³-hybridized carbons (Fsp3) is 0.125. The van der Waals surface area contributed by atoms with Gasteiger partial charge in [0.2, 0.25) is 5.78 Å². The number of Topliss-reactive ketones (excluding diaryl/α,β-unsaturated/α-hetero) is 1. The van der Waals surface area contributed by atoms with E-state index in [9.17, 15) is 9.59 Å². The highest BCUT2D eigenvalue weighted by atomic mass is 16.5. The van der Waals surface area contributed by atoms with Gasteiger partial charge in [0, 0.05) is 5.56 Å². The number of benzene rings is 2. The highest BCUT2D eigenvalue weighted by Gasteiger charge is 2.03. The predicted octanol–water partition coefficient (Wildman–Crippen LogP) is 1.83. The Balaban J connectivity index is 0.00000220. The van der Waals surface area contributed by atoms with Crippen molar-refractivity contribution in [3.63, 3.8) is 0 Å². The van der Waals surface area contributed by atoms with E-state index in [-0.39, 0.29) is 5.48 Å². The van der Waals surface area contributed by atoms with Gasteiger partial charge in [0.25, 0.3) is 0 Å². The van der Waals surface area contributed by atoms with Crippen LogP contribution in [0.2, 0.25) is 0 Å². The first-order valence-corrected chi connectivity index (χ1v) is 6.08. The average molecular weight is 288 g/mol. The molecule has 110 valence electrons. The van der Waals surface area contributed by atoms with Crippen molar-refractivity contribution >= 4 is 12.1 Å². The van der Waals surface area contributed by atoms with Crippen LogP contribution in [0.4, 0.5) is 0 Å². The van der Waals surface area contributed by atoms with Gasteiger partial charge >= 0.3 is 0 Å². The second kappa shape index (κ2) is 7.81. The molecule has 0 aromatic heterocycles. The first-order valence-electron chi connectivity index (χ1n) is 6.08. The van der Waals surface area contributed by atoms with Crippen molar-refractivity contribution < 1.29 is 24.5 Å². The van der Waals surface area contributed by atoms with Gasteiger partial charge in [-0.2, -0.15) is 0 Å². The highest BCUT2D eigenvalue weighted by molar-refractivity contribution is 6.33. The molecule has 0 saturated heterocycles. The lowest BCUT2D eigenvalue weighted by molar-refractivity contribution is -0.104. The number of ketones is 1. The number of hydrogen-bond acceptors (Lipinski definition) is 4. The van der Waals surface area contributed by atoms with Crippen molar-refractivity contribution in [2.24, 2.45) is 0 Å². The van der Waals surface area contributed by atoms with Crippen LogP contribution in [0.25, 0.3) is 0 Å². The molecule has 5 nitrogen and oxygen atoms in total. The molecule has 0 aliphatic rings. The number of rotatable bonds is 6. The molecule has 0 radical (unpaired) electrons. The summed E-state index contributed by atoms with van der Waals surface area (Å²) in [4.78, 5) is 21.5. The second-order valence-electron chi connectivity index (χ2n) is 4.14.